The van der Waals surface area contributed by atoms with E-state index >= 15 is 0 Å². The summed E-state index contributed by atoms with van der Waals surface area (Å²) < 4.78 is 13.7. The predicted octanol–water partition coefficient (Wildman–Crippen LogP) is 4.04. The molecule has 6 heteroatoms. The average Bonchev–Trinajstić information content (AvgIpc) is 2.43. The van der Waals surface area contributed by atoms with Crippen LogP contribution in [-0.2, 0) is 6.54 Å². The number of nitriles is 1. The smallest absolute Gasteiger partial charge is 0.161 e. The highest BCUT2D eigenvalue weighted by molar-refractivity contribution is 6.31. The maximum atomic E-state index is 13.7. The van der Waals surface area contributed by atoms with Crippen molar-refractivity contribution in [2.24, 2.45) is 0 Å². The molecule has 0 saturated carbocycles. The molecule has 2 aromatic rings. The summed E-state index contributed by atoms with van der Waals surface area (Å²) in [6.45, 7) is 0.241. The van der Waals surface area contributed by atoms with Gasteiger partial charge in [0.15, 0.2) is 5.69 Å². The molecule has 0 aliphatic heterocycles. The second kappa shape index (κ2) is 6.08. The van der Waals surface area contributed by atoms with Crippen LogP contribution < -0.4 is 4.90 Å². The zero-order chi connectivity index (χ0) is 14.7. The minimum atomic E-state index is -0.376. The third kappa shape index (κ3) is 3.01. The molecule has 0 aliphatic rings. The summed E-state index contributed by atoms with van der Waals surface area (Å²) >= 11 is 11.8. The lowest BCUT2D eigenvalue weighted by atomic mass is 10.2. The van der Waals surface area contributed by atoms with Crippen molar-refractivity contribution in [1.82, 2.24) is 4.98 Å². The highest BCUT2D eigenvalue weighted by Gasteiger charge is 2.12. The van der Waals surface area contributed by atoms with Crippen LogP contribution in [0.5, 0.6) is 0 Å². The Morgan fingerprint density at radius 1 is 1.25 bits per heavy atom. The number of pyridine rings is 1. The minimum absolute atomic E-state index is 0.135. The van der Waals surface area contributed by atoms with Crippen LogP contribution >= 0.6 is 23.2 Å². The van der Waals surface area contributed by atoms with Gasteiger partial charge in [-0.3, -0.25) is 0 Å². The monoisotopic (exact) mass is 309 g/mol. The van der Waals surface area contributed by atoms with Gasteiger partial charge in [0.2, 0.25) is 0 Å². The van der Waals surface area contributed by atoms with Crippen LogP contribution in [0.2, 0.25) is 10.0 Å². The molecule has 0 amide bonds. The lowest BCUT2D eigenvalue weighted by molar-refractivity contribution is 0.607. The van der Waals surface area contributed by atoms with Gasteiger partial charge < -0.3 is 4.90 Å². The van der Waals surface area contributed by atoms with E-state index in [1.54, 1.807) is 36.2 Å². The van der Waals surface area contributed by atoms with Gasteiger partial charge in [0.1, 0.15) is 17.7 Å². The van der Waals surface area contributed by atoms with E-state index < -0.39 is 0 Å². The molecule has 0 fully saturated rings. The number of hydrogen-bond donors (Lipinski definition) is 0. The molecular weight excluding hydrogens is 300 g/mol. The molecule has 0 atom stereocenters. The van der Waals surface area contributed by atoms with Crippen molar-refractivity contribution in [2.45, 2.75) is 6.54 Å². The van der Waals surface area contributed by atoms with Crippen molar-refractivity contribution in [1.29, 1.82) is 5.26 Å². The highest BCUT2D eigenvalue weighted by Crippen LogP contribution is 2.23. The van der Waals surface area contributed by atoms with Crippen LogP contribution in [0.3, 0.4) is 0 Å². The number of benzene rings is 1. The summed E-state index contributed by atoms with van der Waals surface area (Å²) in [5, 5.41) is 9.54. The van der Waals surface area contributed by atoms with Gasteiger partial charge in [0, 0.05) is 24.2 Å². The van der Waals surface area contributed by atoms with Gasteiger partial charge in [0.05, 0.1) is 5.02 Å². The standard InChI is InChI=1S/C14H10Cl2FN3/c1-20(8-9-10(15)3-2-4-12(9)17)14-6-5-11(16)13(7-18)19-14/h2-6H,8H2,1H3. The number of rotatable bonds is 3. The Labute approximate surface area is 126 Å². The molecule has 2 rings (SSSR count). The Morgan fingerprint density at radius 2 is 2.00 bits per heavy atom. The number of halogens is 3. The van der Waals surface area contributed by atoms with E-state index in [4.69, 9.17) is 28.5 Å². The van der Waals surface area contributed by atoms with Gasteiger partial charge >= 0.3 is 0 Å². The van der Waals surface area contributed by atoms with Crippen LogP contribution in [0.4, 0.5) is 10.2 Å². The Balaban J connectivity index is 2.29. The molecule has 1 heterocycles. The van der Waals surface area contributed by atoms with Crippen molar-refractivity contribution >= 4 is 29.0 Å². The third-order valence-corrected chi connectivity index (χ3v) is 3.44. The molecule has 3 nitrogen and oxygen atoms in total. The quantitative estimate of drug-likeness (QED) is 0.859. The minimum Gasteiger partial charge on any atom is -0.355 e. The largest absolute Gasteiger partial charge is 0.355 e. The highest BCUT2D eigenvalue weighted by atomic mass is 35.5. The fraction of sp³-hybridized carbons (Fsp3) is 0.143. The fourth-order valence-electron chi connectivity index (χ4n) is 1.72. The molecular formula is C14H10Cl2FN3. The van der Waals surface area contributed by atoms with Crippen LogP contribution in [-0.4, -0.2) is 12.0 Å². The Morgan fingerprint density at radius 3 is 2.65 bits per heavy atom. The third-order valence-electron chi connectivity index (χ3n) is 2.79. The zero-order valence-electron chi connectivity index (χ0n) is 10.6. The molecule has 102 valence electrons. The lowest BCUT2D eigenvalue weighted by Gasteiger charge is -2.19. The molecule has 1 aromatic carbocycles. The van der Waals surface area contributed by atoms with E-state index in [0.717, 1.165) is 0 Å². The van der Waals surface area contributed by atoms with Crippen LogP contribution in [0.15, 0.2) is 30.3 Å². The van der Waals surface area contributed by atoms with Crippen LogP contribution in [0.1, 0.15) is 11.3 Å². The topological polar surface area (TPSA) is 39.9 Å². The first-order valence-corrected chi connectivity index (χ1v) is 6.49. The van der Waals surface area contributed by atoms with Gasteiger partial charge in [0.25, 0.3) is 0 Å². The van der Waals surface area contributed by atoms with E-state index in [0.29, 0.717) is 16.4 Å². The fourth-order valence-corrected chi connectivity index (χ4v) is 2.09. The normalized spacial score (nSPS) is 10.2. The maximum Gasteiger partial charge on any atom is 0.161 e. The molecule has 1 aromatic heterocycles. The molecule has 0 saturated heterocycles. The maximum absolute atomic E-state index is 13.7. The second-order valence-corrected chi connectivity index (χ2v) is 4.98. The first kappa shape index (κ1) is 14.6. The molecule has 0 N–H and O–H groups in total. The molecule has 0 aliphatic carbocycles. The van der Waals surface area contributed by atoms with Gasteiger partial charge in [-0.2, -0.15) is 5.26 Å². The summed E-state index contributed by atoms with van der Waals surface area (Å²) in [5.41, 5.74) is 0.516. The van der Waals surface area contributed by atoms with Crippen LogP contribution in [0.25, 0.3) is 0 Å². The summed E-state index contributed by atoms with van der Waals surface area (Å²) in [5.74, 6) is 0.143. The Hall–Kier alpha value is -1.83. The molecule has 0 bridgehead atoms. The zero-order valence-corrected chi connectivity index (χ0v) is 12.1. The first-order chi connectivity index (χ1) is 9.52. The number of hydrogen-bond acceptors (Lipinski definition) is 3. The molecule has 0 spiro atoms. The first-order valence-electron chi connectivity index (χ1n) is 5.73. The molecule has 0 unspecified atom stereocenters. The van der Waals surface area contributed by atoms with E-state index in [1.165, 1.54) is 6.07 Å². The van der Waals surface area contributed by atoms with Crippen molar-refractivity contribution in [2.75, 3.05) is 11.9 Å². The summed E-state index contributed by atoms with van der Waals surface area (Å²) in [4.78, 5) is 5.81. The summed E-state index contributed by atoms with van der Waals surface area (Å²) in [6, 6.07) is 9.69. The van der Waals surface area contributed by atoms with Gasteiger partial charge in [-0.25, -0.2) is 9.37 Å². The van der Waals surface area contributed by atoms with E-state index in [2.05, 4.69) is 4.98 Å². The van der Waals surface area contributed by atoms with Gasteiger partial charge in [-0.15, -0.1) is 0 Å². The lowest BCUT2D eigenvalue weighted by Crippen LogP contribution is -2.19. The van der Waals surface area contributed by atoms with E-state index in [9.17, 15) is 4.39 Å². The van der Waals surface area contributed by atoms with E-state index in [1.807, 2.05) is 6.07 Å². The van der Waals surface area contributed by atoms with E-state index in [-0.39, 0.29) is 23.1 Å². The SMILES string of the molecule is CN(Cc1c(F)cccc1Cl)c1ccc(Cl)c(C#N)n1. The van der Waals surface area contributed by atoms with Crippen molar-refractivity contribution in [3.8, 4) is 6.07 Å². The predicted molar refractivity (Wildman–Crippen MR) is 77.5 cm³/mol. The van der Waals surface area contributed by atoms with Crippen LogP contribution in [0, 0.1) is 17.1 Å². The summed E-state index contributed by atoms with van der Waals surface area (Å²) in [6.07, 6.45) is 0. The Kier molecular flexibility index (Phi) is 4.43. The van der Waals surface area contributed by atoms with Gasteiger partial charge in [-0.1, -0.05) is 29.3 Å². The van der Waals surface area contributed by atoms with Crippen molar-refractivity contribution < 1.29 is 4.39 Å². The second-order valence-electron chi connectivity index (χ2n) is 4.17. The Bertz CT molecular complexity index is 662. The number of aromatic nitrogens is 1. The number of anilines is 1. The van der Waals surface area contributed by atoms with Crippen molar-refractivity contribution in [3.05, 3.63) is 57.5 Å². The van der Waals surface area contributed by atoms with Crippen molar-refractivity contribution in [3.63, 3.8) is 0 Å². The summed E-state index contributed by atoms with van der Waals surface area (Å²) in [7, 11) is 1.74. The molecule has 20 heavy (non-hydrogen) atoms. The molecule has 0 radical (unpaired) electrons. The van der Waals surface area contributed by atoms with Gasteiger partial charge in [-0.05, 0) is 24.3 Å². The average molecular weight is 310 g/mol. The number of nitrogens with zero attached hydrogens (tertiary/aromatic N) is 3.